The molecule has 3 N–H and O–H groups in total. The first-order valence-corrected chi connectivity index (χ1v) is 8.84. The molecule has 0 aromatic heterocycles. The fourth-order valence-corrected chi connectivity index (χ4v) is 4.79. The maximum Gasteiger partial charge on any atom is 0.264 e. The Hall–Kier alpha value is -0.660. The van der Waals surface area contributed by atoms with Crippen molar-refractivity contribution in [2.75, 3.05) is 10.5 Å². The largest absolute Gasteiger partial charge is 0.397 e. The molecular weight excluding hydrogens is 422 g/mol. The average Bonchev–Trinajstić information content (AvgIpc) is 2.31. The van der Waals surface area contributed by atoms with E-state index >= 15 is 0 Å². The lowest BCUT2D eigenvalue weighted by Crippen LogP contribution is -2.15. The summed E-state index contributed by atoms with van der Waals surface area (Å²) in [4.78, 5) is -0.228. The minimum absolute atomic E-state index is 0.0116. The molecule has 0 saturated carbocycles. The Kier molecular flexibility index (Phi) is 4.95. The maximum atomic E-state index is 12.4. The first kappa shape index (κ1) is 16.7. The topological polar surface area (TPSA) is 72.2 Å². The molecule has 112 valence electrons. The smallest absolute Gasteiger partial charge is 0.264 e. The van der Waals surface area contributed by atoms with Crippen LogP contribution in [0.15, 0.2) is 39.7 Å². The van der Waals surface area contributed by atoms with E-state index in [0.29, 0.717) is 9.50 Å². The molecule has 9 heteroatoms. The summed E-state index contributed by atoms with van der Waals surface area (Å²) in [6.07, 6.45) is 0. The van der Waals surface area contributed by atoms with Crippen molar-refractivity contribution in [3.05, 3.63) is 49.9 Å². The third-order valence-electron chi connectivity index (χ3n) is 2.49. The van der Waals surface area contributed by atoms with E-state index in [0.717, 1.165) is 0 Å². The van der Waals surface area contributed by atoms with Crippen molar-refractivity contribution >= 4 is 72.1 Å². The molecule has 4 nitrogen and oxygen atoms in total. The molecule has 0 saturated heterocycles. The van der Waals surface area contributed by atoms with E-state index in [1.807, 2.05) is 0 Å². The lowest BCUT2D eigenvalue weighted by atomic mass is 10.3. The Morgan fingerprint density at radius 2 is 1.62 bits per heavy atom. The highest BCUT2D eigenvalue weighted by Crippen LogP contribution is 2.35. The summed E-state index contributed by atoms with van der Waals surface area (Å²) >= 11 is 20.9. The molecule has 2 aromatic rings. The van der Waals surface area contributed by atoms with Gasteiger partial charge in [0.2, 0.25) is 0 Å². The van der Waals surface area contributed by atoms with Crippen LogP contribution in [0.5, 0.6) is 0 Å². The third-order valence-corrected chi connectivity index (χ3v) is 5.47. The number of rotatable bonds is 3. The predicted molar refractivity (Wildman–Crippen MR) is 90.8 cm³/mol. The number of hydrogen-bond acceptors (Lipinski definition) is 3. The van der Waals surface area contributed by atoms with Gasteiger partial charge in [-0.2, -0.15) is 0 Å². The van der Waals surface area contributed by atoms with Crippen molar-refractivity contribution < 1.29 is 8.42 Å². The van der Waals surface area contributed by atoms with Crippen LogP contribution in [0.1, 0.15) is 0 Å². The van der Waals surface area contributed by atoms with E-state index in [1.54, 1.807) is 6.07 Å². The third kappa shape index (κ3) is 3.76. The Morgan fingerprint density at radius 3 is 2.19 bits per heavy atom. The van der Waals surface area contributed by atoms with Gasteiger partial charge in [0.1, 0.15) is 4.90 Å². The van der Waals surface area contributed by atoms with Gasteiger partial charge in [-0.05, 0) is 30.3 Å². The molecule has 0 amide bonds. The highest BCUT2D eigenvalue weighted by atomic mass is 79.9. The van der Waals surface area contributed by atoms with Gasteiger partial charge in [0.05, 0.1) is 21.4 Å². The highest BCUT2D eigenvalue weighted by Gasteiger charge is 2.23. The normalized spacial score (nSPS) is 11.4. The lowest BCUT2D eigenvalue weighted by Gasteiger charge is -2.13. The van der Waals surface area contributed by atoms with E-state index in [4.69, 9.17) is 40.5 Å². The van der Waals surface area contributed by atoms with Gasteiger partial charge in [0.25, 0.3) is 10.0 Å². The van der Waals surface area contributed by atoms with Crippen LogP contribution in [0.2, 0.25) is 15.1 Å². The molecule has 0 unspecified atom stereocenters. The fourth-order valence-electron chi connectivity index (χ4n) is 1.60. The summed E-state index contributed by atoms with van der Waals surface area (Å²) in [5.74, 6) is 0. The van der Waals surface area contributed by atoms with Crippen molar-refractivity contribution in [3.8, 4) is 0 Å². The summed E-state index contributed by atoms with van der Waals surface area (Å²) in [7, 11) is -4.00. The summed E-state index contributed by atoms with van der Waals surface area (Å²) in [5, 5.41) is 0.319. The molecular formula is C12H8BrCl3N2O2S. The molecule has 2 rings (SSSR count). The molecule has 0 radical (unpaired) electrons. The summed E-state index contributed by atoms with van der Waals surface area (Å²) in [5.41, 5.74) is 6.10. The van der Waals surface area contributed by atoms with Gasteiger partial charge in [-0.15, -0.1) is 0 Å². The van der Waals surface area contributed by atoms with E-state index in [-0.39, 0.29) is 26.3 Å². The van der Waals surface area contributed by atoms with Crippen molar-refractivity contribution in [1.82, 2.24) is 0 Å². The molecule has 0 heterocycles. The van der Waals surface area contributed by atoms with Crippen LogP contribution in [0, 0.1) is 0 Å². The zero-order valence-corrected chi connectivity index (χ0v) is 14.9. The predicted octanol–water partition coefficient (Wildman–Crippen LogP) is 4.79. The van der Waals surface area contributed by atoms with Crippen molar-refractivity contribution in [3.63, 3.8) is 0 Å². The Labute approximate surface area is 145 Å². The van der Waals surface area contributed by atoms with Crippen LogP contribution in [-0.2, 0) is 10.0 Å². The van der Waals surface area contributed by atoms with Gasteiger partial charge in [-0.3, -0.25) is 4.72 Å². The SMILES string of the molecule is Nc1ccc(Cl)cc1NS(=O)(=O)c1c(Cl)cc(Br)cc1Cl. The first-order valence-electron chi connectivity index (χ1n) is 5.43. The minimum atomic E-state index is -4.00. The number of hydrogen-bond donors (Lipinski definition) is 2. The van der Waals surface area contributed by atoms with Gasteiger partial charge < -0.3 is 5.73 Å². The molecule has 0 aliphatic heterocycles. The number of nitrogens with two attached hydrogens (primary N) is 1. The van der Waals surface area contributed by atoms with E-state index in [1.165, 1.54) is 24.3 Å². The van der Waals surface area contributed by atoms with Crippen molar-refractivity contribution in [2.45, 2.75) is 4.90 Å². The van der Waals surface area contributed by atoms with Crippen LogP contribution < -0.4 is 10.5 Å². The van der Waals surface area contributed by atoms with Crippen molar-refractivity contribution in [1.29, 1.82) is 0 Å². The zero-order chi connectivity index (χ0) is 15.8. The fraction of sp³-hybridized carbons (Fsp3) is 0. The number of nitrogens with one attached hydrogen (secondary N) is 1. The number of benzene rings is 2. The molecule has 0 aliphatic rings. The van der Waals surface area contributed by atoms with Crippen LogP contribution in [-0.4, -0.2) is 8.42 Å². The van der Waals surface area contributed by atoms with Crippen molar-refractivity contribution in [2.24, 2.45) is 0 Å². The second-order valence-corrected chi connectivity index (χ2v) is 7.82. The molecule has 0 bridgehead atoms. The summed E-state index contributed by atoms with van der Waals surface area (Å²) < 4.78 is 27.7. The number of halogens is 4. The second-order valence-electron chi connectivity index (χ2n) is 4.04. The average molecular weight is 431 g/mol. The monoisotopic (exact) mass is 428 g/mol. The van der Waals surface area contributed by atoms with E-state index in [9.17, 15) is 8.42 Å². The number of nitrogen functional groups attached to an aromatic ring is 1. The van der Waals surface area contributed by atoms with Crippen LogP contribution in [0.25, 0.3) is 0 Å². The molecule has 0 fully saturated rings. The Bertz CT molecular complexity index is 789. The van der Waals surface area contributed by atoms with Gasteiger partial charge in [0.15, 0.2) is 0 Å². The van der Waals surface area contributed by atoms with Crippen LogP contribution in [0.3, 0.4) is 0 Å². The maximum absolute atomic E-state index is 12.4. The molecule has 0 aliphatic carbocycles. The minimum Gasteiger partial charge on any atom is -0.397 e. The van der Waals surface area contributed by atoms with Crippen LogP contribution >= 0.6 is 50.7 Å². The molecule has 0 spiro atoms. The first-order chi connectivity index (χ1) is 9.70. The second kappa shape index (κ2) is 6.22. The number of sulfonamides is 1. The lowest BCUT2D eigenvalue weighted by molar-refractivity contribution is 0.601. The standard InChI is InChI=1S/C12H8BrCl3N2O2S/c13-6-3-8(15)12(9(16)4-6)21(19,20)18-11-5-7(14)1-2-10(11)17/h1-5,18H,17H2. The summed E-state index contributed by atoms with van der Waals surface area (Å²) in [6.45, 7) is 0. The highest BCUT2D eigenvalue weighted by molar-refractivity contribution is 9.10. The Morgan fingerprint density at radius 1 is 1.05 bits per heavy atom. The van der Waals surface area contributed by atoms with Crippen LogP contribution in [0.4, 0.5) is 11.4 Å². The van der Waals surface area contributed by atoms with E-state index in [2.05, 4.69) is 20.7 Å². The van der Waals surface area contributed by atoms with Gasteiger partial charge in [-0.25, -0.2) is 8.42 Å². The van der Waals surface area contributed by atoms with E-state index < -0.39 is 10.0 Å². The quantitative estimate of drug-likeness (QED) is 0.688. The molecule has 21 heavy (non-hydrogen) atoms. The molecule has 0 atom stereocenters. The van der Waals surface area contributed by atoms with Gasteiger partial charge >= 0.3 is 0 Å². The number of anilines is 2. The van der Waals surface area contributed by atoms with Gasteiger partial charge in [0, 0.05) is 9.50 Å². The summed E-state index contributed by atoms with van der Waals surface area (Å²) in [6, 6.07) is 7.31. The Balaban J connectivity index is 2.51. The molecule has 2 aromatic carbocycles. The zero-order valence-electron chi connectivity index (χ0n) is 10.2. The van der Waals surface area contributed by atoms with Gasteiger partial charge in [-0.1, -0.05) is 50.7 Å².